The van der Waals surface area contributed by atoms with Crippen LogP contribution in [0.2, 0.25) is 0 Å². The van der Waals surface area contributed by atoms with Gasteiger partial charge < -0.3 is 0 Å². The number of pyridine rings is 1. The summed E-state index contributed by atoms with van der Waals surface area (Å²) in [6.45, 7) is 4.68. The fraction of sp³-hybridized carbons (Fsp3) is 0.0600. The van der Waals surface area contributed by atoms with Gasteiger partial charge in [0.2, 0.25) is 0 Å². The zero-order valence-electron chi connectivity index (χ0n) is 29.6. The fourth-order valence-corrected chi connectivity index (χ4v) is 8.11. The molecule has 0 aliphatic heterocycles. The minimum atomic E-state index is -0.137. The zero-order valence-corrected chi connectivity index (χ0v) is 29.6. The van der Waals surface area contributed by atoms with Crippen LogP contribution >= 0.6 is 0 Å². The summed E-state index contributed by atoms with van der Waals surface area (Å²) in [5, 5.41) is 4.88. The number of hydrogen-bond donors (Lipinski definition) is 0. The van der Waals surface area contributed by atoms with Gasteiger partial charge in [0, 0.05) is 34.5 Å². The van der Waals surface area contributed by atoms with Crippen molar-refractivity contribution in [3.8, 4) is 67.3 Å². The normalized spacial score (nSPS) is 12.9. The molecule has 0 unspecified atom stereocenters. The van der Waals surface area contributed by atoms with Crippen LogP contribution in [-0.2, 0) is 5.41 Å². The van der Waals surface area contributed by atoms with Crippen molar-refractivity contribution < 1.29 is 0 Å². The van der Waals surface area contributed by atoms with Crippen LogP contribution in [0.15, 0.2) is 176 Å². The molecule has 1 aliphatic rings. The van der Waals surface area contributed by atoms with Crippen molar-refractivity contribution in [2.24, 2.45) is 0 Å². The summed E-state index contributed by atoms with van der Waals surface area (Å²) < 4.78 is 0. The molecule has 0 bridgehead atoms. The van der Waals surface area contributed by atoms with Crippen LogP contribution in [0.1, 0.15) is 25.0 Å². The topological polar surface area (TPSA) is 38.7 Å². The Morgan fingerprint density at radius 1 is 0.396 bits per heavy atom. The molecule has 2 heterocycles. The lowest BCUT2D eigenvalue weighted by Gasteiger charge is -2.22. The quantitative estimate of drug-likeness (QED) is 0.182. The molecule has 0 spiro atoms. The summed E-state index contributed by atoms with van der Waals surface area (Å²) in [6.07, 6.45) is 3.71. The minimum Gasteiger partial charge on any atom is -0.264 e. The maximum atomic E-state index is 5.28. The molecule has 2 aromatic heterocycles. The Morgan fingerprint density at radius 2 is 1.02 bits per heavy atom. The van der Waals surface area contributed by atoms with Gasteiger partial charge in [-0.25, -0.2) is 9.97 Å². The number of nitrogens with zero attached hydrogens (tertiary/aromatic N) is 3. The molecule has 7 aromatic carbocycles. The highest BCUT2D eigenvalue weighted by Gasteiger charge is 2.37. The molecular weight excluding hydrogens is 643 g/mol. The smallest absolute Gasteiger partial charge is 0.160 e. The van der Waals surface area contributed by atoms with Crippen molar-refractivity contribution >= 4 is 21.5 Å². The Morgan fingerprint density at radius 3 is 1.77 bits per heavy atom. The number of benzene rings is 7. The van der Waals surface area contributed by atoms with Crippen molar-refractivity contribution in [2.45, 2.75) is 19.3 Å². The summed E-state index contributed by atoms with van der Waals surface area (Å²) in [6, 6.07) is 58.8. The molecular formula is C50H35N3. The first-order valence-electron chi connectivity index (χ1n) is 18.2. The zero-order chi connectivity index (χ0) is 35.5. The average Bonchev–Trinajstić information content (AvgIpc) is 3.45. The Hall–Kier alpha value is -6.71. The van der Waals surface area contributed by atoms with Crippen LogP contribution in [-0.4, -0.2) is 15.0 Å². The van der Waals surface area contributed by atoms with E-state index < -0.39 is 0 Å². The summed E-state index contributed by atoms with van der Waals surface area (Å²) in [5.74, 6) is 0.719. The first-order valence-corrected chi connectivity index (χ1v) is 18.2. The van der Waals surface area contributed by atoms with Crippen molar-refractivity contribution in [3.63, 3.8) is 0 Å². The van der Waals surface area contributed by atoms with E-state index in [1.165, 1.54) is 54.9 Å². The second-order valence-corrected chi connectivity index (χ2v) is 14.5. The molecule has 10 rings (SSSR count). The predicted octanol–water partition coefficient (Wildman–Crippen LogP) is 12.8. The second kappa shape index (κ2) is 12.2. The number of aromatic nitrogens is 3. The van der Waals surface area contributed by atoms with Gasteiger partial charge in [0.05, 0.1) is 11.4 Å². The van der Waals surface area contributed by atoms with Crippen LogP contribution in [0.25, 0.3) is 88.8 Å². The lowest BCUT2D eigenvalue weighted by Crippen LogP contribution is -2.14. The molecule has 0 fully saturated rings. The monoisotopic (exact) mass is 677 g/mol. The Kier molecular flexibility index (Phi) is 7.16. The Balaban J connectivity index is 1.08. The third kappa shape index (κ3) is 5.32. The van der Waals surface area contributed by atoms with Gasteiger partial charge >= 0.3 is 0 Å². The highest BCUT2D eigenvalue weighted by atomic mass is 14.9. The summed E-state index contributed by atoms with van der Waals surface area (Å²) in [7, 11) is 0. The molecule has 3 nitrogen and oxygen atoms in total. The third-order valence-electron chi connectivity index (χ3n) is 10.9. The number of fused-ring (bicyclic) bond motifs is 5. The van der Waals surface area contributed by atoms with Gasteiger partial charge in [-0.05, 0) is 102 Å². The molecule has 53 heavy (non-hydrogen) atoms. The molecule has 9 aromatic rings. The van der Waals surface area contributed by atoms with Crippen molar-refractivity contribution in [3.05, 3.63) is 187 Å². The van der Waals surface area contributed by atoms with E-state index in [9.17, 15) is 0 Å². The van der Waals surface area contributed by atoms with Crippen molar-refractivity contribution in [1.82, 2.24) is 15.0 Å². The minimum absolute atomic E-state index is 0.137. The summed E-state index contributed by atoms with van der Waals surface area (Å²) >= 11 is 0. The van der Waals surface area contributed by atoms with Gasteiger partial charge in [-0.15, -0.1) is 0 Å². The molecule has 0 atom stereocenters. The fourth-order valence-electron chi connectivity index (χ4n) is 8.11. The van der Waals surface area contributed by atoms with E-state index in [4.69, 9.17) is 9.97 Å². The van der Waals surface area contributed by atoms with Gasteiger partial charge in [-0.1, -0.05) is 141 Å². The molecule has 0 saturated heterocycles. The third-order valence-corrected chi connectivity index (χ3v) is 10.9. The standard InChI is InChI=1S/C50H35N3/c1-50(2)44-16-8-15-42(48(44)43-28-35-12-6-7-13-36(35)29-45(43)50)47-30-46(52-49(53-47)34-10-4-3-5-11-34)40-24-23-38-26-37(21-22-39(38)27-40)32-17-19-33(20-18-32)41-14-9-25-51-31-41/h3-31H,1-2H3. The van der Waals surface area contributed by atoms with E-state index in [-0.39, 0.29) is 5.41 Å². The molecule has 250 valence electrons. The Labute approximate surface area is 309 Å². The lowest BCUT2D eigenvalue weighted by atomic mass is 9.81. The largest absolute Gasteiger partial charge is 0.264 e. The van der Waals surface area contributed by atoms with Gasteiger partial charge in [0.25, 0.3) is 0 Å². The van der Waals surface area contributed by atoms with E-state index >= 15 is 0 Å². The predicted molar refractivity (Wildman–Crippen MR) is 220 cm³/mol. The highest BCUT2D eigenvalue weighted by Crippen LogP contribution is 2.53. The molecule has 3 heteroatoms. The van der Waals surface area contributed by atoms with Crippen LogP contribution in [0.5, 0.6) is 0 Å². The molecule has 0 amide bonds. The molecule has 0 saturated carbocycles. The molecule has 1 aliphatic carbocycles. The highest BCUT2D eigenvalue weighted by molar-refractivity contribution is 5.99. The lowest BCUT2D eigenvalue weighted by molar-refractivity contribution is 0.661. The van der Waals surface area contributed by atoms with Crippen LogP contribution in [0, 0.1) is 0 Å². The average molecular weight is 678 g/mol. The van der Waals surface area contributed by atoms with Gasteiger partial charge in [-0.3, -0.25) is 4.98 Å². The van der Waals surface area contributed by atoms with Crippen LogP contribution in [0.3, 0.4) is 0 Å². The summed E-state index contributed by atoms with van der Waals surface area (Å²) in [4.78, 5) is 14.7. The van der Waals surface area contributed by atoms with Gasteiger partial charge in [0.1, 0.15) is 0 Å². The maximum absolute atomic E-state index is 5.28. The van der Waals surface area contributed by atoms with Crippen molar-refractivity contribution in [1.29, 1.82) is 0 Å². The van der Waals surface area contributed by atoms with E-state index in [1.807, 2.05) is 18.3 Å². The maximum Gasteiger partial charge on any atom is 0.160 e. The van der Waals surface area contributed by atoms with E-state index in [0.717, 1.165) is 45.0 Å². The van der Waals surface area contributed by atoms with Gasteiger partial charge in [-0.2, -0.15) is 0 Å². The van der Waals surface area contributed by atoms with Crippen molar-refractivity contribution in [2.75, 3.05) is 0 Å². The summed E-state index contributed by atoms with van der Waals surface area (Å²) in [5.41, 5.74) is 14.8. The second-order valence-electron chi connectivity index (χ2n) is 14.5. The van der Waals surface area contributed by atoms with Crippen LogP contribution < -0.4 is 0 Å². The first-order chi connectivity index (χ1) is 26.0. The van der Waals surface area contributed by atoms with Gasteiger partial charge in [0.15, 0.2) is 5.82 Å². The SMILES string of the molecule is CC1(C)c2cc3ccccc3cc2-c2c(-c3cc(-c4ccc5cc(-c6ccc(-c7cccnc7)cc6)ccc5c4)nc(-c4ccccc4)n3)cccc21. The molecule has 0 radical (unpaired) electrons. The number of rotatable bonds is 5. The van der Waals surface area contributed by atoms with E-state index in [0.29, 0.717) is 0 Å². The van der Waals surface area contributed by atoms with E-state index in [1.54, 1.807) is 6.20 Å². The number of hydrogen-bond acceptors (Lipinski definition) is 3. The van der Waals surface area contributed by atoms with Crippen LogP contribution in [0.4, 0.5) is 0 Å². The Bertz CT molecular complexity index is 2840. The first kappa shape index (κ1) is 31.1. The molecule has 0 N–H and O–H groups in total. The van der Waals surface area contributed by atoms with E-state index in [2.05, 4.69) is 170 Å².